The van der Waals surface area contributed by atoms with Crippen LogP contribution in [0.15, 0.2) is 12.2 Å². The van der Waals surface area contributed by atoms with Gasteiger partial charge in [-0.05, 0) is 20.2 Å². The number of likely N-dealkylation sites (N-methyl/N-ethyl adjacent to an activating group) is 1. The van der Waals surface area contributed by atoms with E-state index >= 15 is 0 Å². The number of rotatable bonds is 6. The summed E-state index contributed by atoms with van der Waals surface area (Å²) in [6.07, 6.45) is 2.04. The van der Waals surface area contributed by atoms with Gasteiger partial charge in [0.2, 0.25) is 0 Å². The van der Waals surface area contributed by atoms with E-state index in [2.05, 4.69) is 13.5 Å². The van der Waals surface area contributed by atoms with E-state index in [9.17, 15) is 4.79 Å². The molecule has 0 aliphatic heterocycles. The van der Waals surface area contributed by atoms with E-state index in [-0.39, 0.29) is 5.57 Å². The number of hydrogen-bond donors (Lipinski definition) is 1. The molecule has 1 atom stereocenters. The van der Waals surface area contributed by atoms with Gasteiger partial charge in [-0.1, -0.05) is 6.58 Å². The minimum absolute atomic E-state index is 0.246. The Morgan fingerprint density at radius 1 is 1.69 bits per heavy atom. The zero-order valence-electron chi connectivity index (χ0n) is 8.41. The van der Waals surface area contributed by atoms with Crippen molar-refractivity contribution in [2.24, 2.45) is 0 Å². The third-order valence-corrected chi connectivity index (χ3v) is 2.72. The molecule has 0 saturated carbocycles. The molecule has 76 valence electrons. The molecule has 1 unspecified atom stereocenters. The van der Waals surface area contributed by atoms with Gasteiger partial charge in [0.1, 0.15) is 0 Å². The summed E-state index contributed by atoms with van der Waals surface area (Å²) in [6, 6.07) is 0.381. The number of aliphatic carboxylic acids is 1. The molecule has 0 aromatic carbocycles. The Kier molecular flexibility index (Phi) is 5.82. The Labute approximate surface area is 83.8 Å². The maximum absolute atomic E-state index is 10.5. The number of carboxylic acid groups (broad SMARTS) is 1. The molecule has 0 aromatic rings. The summed E-state index contributed by atoms with van der Waals surface area (Å²) in [7, 11) is 1.91. The van der Waals surface area contributed by atoms with Gasteiger partial charge in [0.05, 0.1) is 0 Å². The summed E-state index contributed by atoms with van der Waals surface area (Å²) in [4.78, 5) is 12.5. The van der Waals surface area contributed by atoms with Gasteiger partial charge >= 0.3 is 5.97 Å². The van der Waals surface area contributed by atoms with Gasteiger partial charge in [0, 0.05) is 23.9 Å². The molecule has 0 saturated heterocycles. The number of thioether (sulfide) groups is 1. The quantitative estimate of drug-likeness (QED) is 0.661. The first-order chi connectivity index (χ1) is 5.99. The molecule has 0 fully saturated rings. The van der Waals surface area contributed by atoms with Gasteiger partial charge in [0.25, 0.3) is 0 Å². The first-order valence-corrected chi connectivity index (χ1v) is 5.48. The van der Waals surface area contributed by atoms with Crippen LogP contribution in [0.1, 0.15) is 6.92 Å². The van der Waals surface area contributed by atoms with E-state index in [4.69, 9.17) is 5.11 Å². The van der Waals surface area contributed by atoms with Crippen molar-refractivity contribution in [3.63, 3.8) is 0 Å². The van der Waals surface area contributed by atoms with E-state index in [0.29, 0.717) is 12.6 Å². The molecular weight excluding hydrogens is 186 g/mol. The summed E-state index contributed by atoms with van der Waals surface area (Å²) in [5.74, 6) is 0.0897. The average molecular weight is 203 g/mol. The van der Waals surface area contributed by atoms with Crippen molar-refractivity contribution in [1.29, 1.82) is 0 Å². The van der Waals surface area contributed by atoms with Gasteiger partial charge in [0.15, 0.2) is 0 Å². The van der Waals surface area contributed by atoms with Crippen molar-refractivity contribution >= 4 is 17.7 Å². The SMILES string of the molecule is C=C(CN(C)C(C)CSC)C(=O)O. The first kappa shape index (κ1) is 12.5. The molecule has 13 heavy (non-hydrogen) atoms. The van der Waals surface area contributed by atoms with Gasteiger partial charge < -0.3 is 5.11 Å². The smallest absolute Gasteiger partial charge is 0.332 e. The van der Waals surface area contributed by atoms with Crippen LogP contribution < -0.4 is 0 Å². The van der Waals surface area contributed by atoms with Crippen LogP contribution in [0.5, 0.6) is 0 Å². The minimum Gasteiger partial charge on any atom is -0.478 e. The second-order valence-electron chi connectivity index (χ2n) is 3.13. The summed E-state index contributed by atoms with van der Waals surface area (Å²) in [6.45, 7) is 5.99. The fraction of sp³-hybridized carbons (Fsp3) is 0.667. The second kappa shape index (κ2) is 6.05. The molecule has 0 amide bonds. The molecule has 0 radical (unpaired) electrons. The Morgan fingerprint density at radius 3 is 2.62 bits per heavy atom. The van der Waals surface area contributed by atoms with Crippen molar-refractivity contribution in [2.75, 3.05) is 25.6 Å². The highest BCUT2D eigenvalue weighted by atomic mass is 32.2. The lowest BCUT2D eigenvalue weighted by Gasteiger charge is -2.23. The third kappa shape index (κ3) is 4.95. The van der Waals surface area contributed by atoms with Crippen molar-refractivity contribution in [2.45, 2.75) is 13.0 Å². The summed E-state index contributed by atoms with van der Waals surface area (Å²) in [5.41, 5.74) is 0.246. The van der Waals surface area contributed by atoms with Crippen LogP contribution in [0.3, 0.4) is 0 Å². The van der Waals surface area contributed by atoms with E-state index in [1.807, 2.05) is 18.2 Å². The van der Waals surface area contributed by atoms with Gasteiger partial charge in [-0.2, -0.15) is 11.8 Å². The molecule has 0 spiro atoms. The normalized spacial score (nSPS) is 12.9. The third-order valence-electron chi connectivity index (χ3n) is 1.90. The monoisotopic (exact) mass is 203 g/mol. The number of hydrogen-bond acceptors (Lipinski definition) is 3. The second-order valence-corrected chi connectivity index (χ2v) is 4.04. The van der Waals surface area contributed by atoms with Crippen molar-refractivity contribution in [1.82, 2.24) is 4.90 Å². The molecule has 0 rings (SSSR count). The number of carbonyl (C=O) groups is 1. The predicted molar refractivity (Wildman–Crippen MR) is 57.2 cm³/mol. The van der Waals surface area contributed by atoms with Crippen LogP contribution in [0, 0.1) is 0 Å². The lowest BCUT2D eigenvalue weighted by Crippen LogP contribution is -2.33. The lowest BCUT2D eigenvalue weighted by atomic mass is 10.2. The Hall–Kier alpha value is -0.480. The maximum Gasteiger partial charge on any atom is 0.332 e. The highest BCUT2D eigenvalue weighted by Crippen LogP contribution is 2.05. The van der Waals surface area contributed by atoms with Crippen LogP contribution >= 0.6 is 11.8 Å². The number of carboxylic acids is 1. The fourth-order valence-corrected chi connectivity index (χ4v) is 1.63. The Bertz CT molecular complexity index is 194. The highest BCUT2D eigenvalue weighted by Gasteiger charge is 2.12. The molecule has 0 aliphatic carbocycles. The molecule has 0 aliphatic rings. The first-order valence-electron chi connectivity index (χ1n) is 4.09. The molecule has 0 heterocycles. The molecule has 3 nitrogen and oxygen atoms in total. The maximum atomic E-state index is 10.5. The van der Waals surface area contributed by atoms with E-state index in [0.717, 1.165) is 5.75 Å². The van der Waals surface area contributed by atoms with Gasteiger partial charge in [-0.3, -0.25) is 4.90 Å². The molecule has 0 bridgehead atoms. The van der Waals surface area contributed by atoms with E-state index < -0.39 is 5.97 Å². The Morgan fingerprint density at radius 2 is 2.23 bits per heavy atom. The van der Waals surface area contributed by atoms with Crippen molar-refractivity contribution in [3.05, 3.63) is 12.2 Å². The van der Waals surface area contributed by atoms with Crippen molar-refractivity contribution in [3.8, 4) is 0 Å². The predicted octanol–water partition coefficient (Wildman–Crippen LogP) is 1.31. The van der Waals surface area contributed by atoms with Crippen LogP contribution in [0.25, 0.3) is 0 Å². The average Bonchev–Trinajstić information content (AvgIpc) is 2.04. The largest absolute Gasteiger partial charge is 0.478 e. The highest BCUT2D eigenvalue weighted by molar-refractivity contribution is 7.98. The van der Waals surface area contributed by atoms with Crippen LogP contribution in [0.4, 0.5) is 0 Å². The zero-order valence-corrected chi connectivity index (χ0v) is 9.23. The van der Waals surface area contributed by atoms with Crippen LogP contribution in [0.2, 0.25) is 0 Å². The summed E-state index contributed by atoms with van der Waals surface area (Å²) < 4.78 is 0. The van der Waals surface area contributed by atoms with E-state index in [1.165, 1.54) is 0 Å². The zero-order chi connectivity index (χ0) is 10.4. The van der Waals surface area contributed by atoms with Gasteiger partial charge in [-0.15, -0.1) is 0 Å². The Balaban J connectivity index is 3.91. The van der Waals surface area contributed by atoms with Gasteiger partial charge in [-0.25, -0.2) is 4.79 Å². The minimum atomic E-state index is -0.914. The van der Waals surface area contributed by atoms with Crippen LogP contribution in [-0.2, 0) is 4.79 Å². The van der Waals surface area contributed by atoms with Crippen molar-refractivity contribution < 1.29 is 9.90 Å². The van der Waals surface area contributed by atoms with Crippen LogP contribution in [-0.4, -0.2) is 47.6 Å². The lowest BCUT2D eigenvalue weighted by molar-refractivity contribution is -0.132. The summed E-state index contributed by atoms with van der Waals surface area (Å²) >= 11 is 1.75. The molecular formula is C9H17NO2S. The topological polar surface area (TPSA) is 40.5 Å². The fourth-order valence-electron chi connectivity index (χ4n) is 0.893. The number of nitrogens with zero attached hydrogens (tertiary/aromatic N) is 1. The molecule has 0 aromatic heterocycles. The summed E-state index contributed by atoms with van der Waals surface area (Å²) in [5, 5.41) is 8.61. The molecule has 4 heteroatoms. The molecule has 1 N–H and O–H groups in total. The van der Waals surface area contributed by atoms with E-state index in [1.54, 1.807) is 11.8 Å². The standard InChI is InChI=1S/C9H17NO2S/c1-7(9(11)12)5-10(3)8(2)6-13-4/h8H,1,5-6H2,2-4H3,(H,11,12).